The third-order valence-corrected chi connectivity index (χ3v) is 7.35. The van der Waals surface area contributed by atoms with Crippen molar-refractivity contribution >= 4 is 29.1 Å². The number of phenolic OH excluding ortho intramolecular Hbond substituents is 1. The molecular weight excluding hydrogens is 525 g/mol. The van der Waals surface area contributed by atoms with E-state index >= 15 is 0 Å². The van der Waals surface area contributed by atoms with Crippen molar-refractivity contribution in [2.45, 2.75) is 33.4 Å². The van der Waals surface area contributed by atoms with Gasteiger partial charge in [-0.05, 0) is 67.8 Å². The minimum Gasteiger partial charge on any atom is -0.507 e. The summed E-state index contributed by atoms with van der Waals surface area (Å²) < 4.78 is 11.7. The molecule has 2 N–H and O–H groups in total. The molecule has 0 saturated heterocycles. The van der Waals surface area contributed by atoms with Gasteiger partial charge in [0.15, 0.2) is 11.5 Å². The van der Waals surface area contributed by atoms with Crippen molar-refractivity contribution in [1.29, 1.82) is 0 Å². The van der Waals surface area contributed by atoms with Gasteiger partial charge in [0.1, 0.15) is 17.1 Å². The summed E-state index contributed by atoms with van der Waals surface area (Å²) in [5, 5.41) is 19.3. The molecule has 2 heterocycles. The van der Waals surface area contributed by atoms with Gasteiger partial charge in [0.05, 0.1) is 19.3 Å². The summed E-state index contributed by atoms with van der Waals surface area (Å²) in [6.45, 7) is 6.84. The lowest BCUT2D eigenvalue weighted by molar-refractivity contribution is 0.0730. The highest BCUT2D eigenvalue weighted by atomic mass is 35.5. The molecule has 0 fully saturated rings. The van der Waals surface area contributed by atoms with Crippen LogP contribution >= 0.6 is 23.2 Å². The van der Waals surface area contributed by atoms with Crippen LogP contribution in [0, 0.1) is 6.92 Å². The van der Waals surface area contributed by atoms with E-state index in [1.807, 2.05) is 57.2 Å². The predicted octanol–water partition coefficient (Wildman–Crippen LogP) is 6.94. The fourth-order valence-electron chi connectivity index (χ4n) is 4.82. The molecule has 9 heteroatoms. The number of ether oxygens (including phenoxy) is 2. The Balaban J connectivity index is 1.70. The van der Waals surface area contributed by atoms with E-state index < -0.39 is 6.04 Å². The SMILES string of the molecule is CCOc1ccc(C2c3c(-c4cc(Cl)c(C)cc4O)n[nH]c3C(=O)N2Cc2ccccc2Cl)cc1OCC. The van der Waals surface area contributed by atoms with Crippen LogP contribution in [0.1, 0.15) is 52.6 Å². The van der Waals surface area contributed by atoms with Crippen LogP contribution in [-0.4, -0.2) is 39.3 Å². The Kier molecular flexibility index (Phi) is 7.23. The molecule has 38 heavy (non-hydrogen) atoms. The molecule has 0 radical (unpaired) electrons. The van der Waals surface area contributed by atoms with Gasteiger partial charge < -0.3 is 19.5 Å². The number of hydrogen-bond donors (Lipinski definition) is 2. The van der Waals surface area contributed by atoms with Gasteiger partial charge in [0, 0.05) is 27.7 Å². The summed E-state index contributed by atoms with van der Waals surface area (Å²) in [6.07, 6.45) is 0. The first kappa shape index (κ1) is 25.9. The van der Waals surface area contributed by atoms with Crippen molar-refractivity contribution in [2.24, 2.45) is 0 Å². The summed E-state index contributed by atoms with van der Waals surface area (Å²) in [6, 6.07) is 15.8. The van der Waals surface area contributed by atoms with Crippen molar-refractivity contribution in [3.63, 3.8) is 0 Å². The summed E-state index contributed by atoms with van der Waals surface area (Å²) in [4.78, 5) is 15.5. The van der Waals surface area contributed by atoms with Crippen molar-refractivity contribution in [3.05, 3.63) is 92.6 Å². The molecule has 7 nitrogen and oxygen atoms in total. The second kappa shape index (κ2) is 10.6. The predicted molar refractivity (Wildman–Crippen MR) is 147 cm³/mol. The number of phenols is 1. The summed E-state index contributed by atoms with van der Waals surface area (Å²) in [5.41, 5.74) is 4.23. The number of carbonyl (C=O) groups is 1. The number of nitrogens with zero attached hydrogens (tertiary/aromatic N) is 2. The quantitative estimate of drug-likeness (QED) is 0.247. The van der Waals surface area contributed by atoms with E-state index in [4.69, 9.17) is 32.7 Å². The number of halogens is 2. The Morgan fingerprint density at radius 1 is 1.00 bits per heavy atom. The Morgan fingerprint density at radius 3 is 2.47 bits per heavy atom. The molecule has 0 aliphatic carbocycles. The number of fused-ring (bicyclic) bond motifs is 1. The van der Waals surface area contributed by atoms with E-state index in [0.29, 0.717) is 57.3 Å². The van der Waals surface area contributed by atoms with Crippen molar-refractivity contribution in [1.82, 2.24) is 15.1 Å². The van der Waals surface area contributed by atoms with Gasteiger partial charge in [-0.15, -0.1) is 0 Å². The molecule has 0 saturated carbocycles. The number of H-pyrrole nitrogens is 1. The highest BCUT2D eigenvalue weighted by molar-refractivity contribution is 6.32. The molecule has 196 valence electrons. The normalized spacial score (nSPS) is 14.6. The molecule has 1 aliphatic rings. The average molecular weight is 552 g/mol. The highest BCUT2D eigenvalue weighted by Crippen LogP contribution is 2.47. The Bertz CT molecular complexity index is 1520. The molecule has 1 unspecified atom stereocenters. The molecule has 4 aromatic rings. The lowest BCUT2D eigenvalue weighted by atomic mass is 9.94. The third kappa shape index (κ3) is 4.57. The Hall–Kier alpha value is -3.68. The fraction of sp³-hybridized carbons (Fsp3) is 0.241. The van der Waals surface area contributed by atoms with E-state index in [1.54, 1.807) is 23.1 Å². The summed E-state index contributed by atoms with van der Waals surface area (Å²) in [5.74, 6) is 0.999. The maximum Gasteiger partial charge on any atom is 0.273 e. The molecular formula is C29H27Cl2N3O4. The maximum absolute atomic E-state index is 13.8. The molecule has 1 aliphatic heterocycles. The number of benzene rings is 3. The third-order valence-electron chi connectivity index (χ3n) is 6.58. The van der Waals surface area contributed by atoms with Crippen LogP contribution in [0.2, 0.25) is 10.0 Å². The molecule has 5 rings (SSSR count). The number of rotatable bonds is 8. The molecule has 1 amide bonds. The lowest BCUT2D eigenvalue weighted by Gasteiger charge is -2.27. The van der Waals surface area contributed by atoms with Crippen molar-refractivity contribution < 1.29 is 19.4 Å². The topological polar surface area (TPSA) is 87.7 Å². The molecule has 3 aromatic carbocycles. The molecule has 0 bridgehead atoms. The van der Waals surface area contributed by atoms with E-state index in [1.165, 1.54) is 0 Å². The van der Waals surface area contributed by atoms with E-state index in [-0.39, 0.29) is 18.2 Å². The summed E-state index contributed by atoms with van der Waals surface area (Å²) in [7, 11) is 0. The van der Waals surface area contributed by atoms with Crippen LogP contribution in [0.15, 0.2) is 54.6 Å². The largest absolute Gasteiger partial charge is 0.507 e. The molecule has 0 spiro atoms. The highest BCUT2D eigenvalue weighted by Gasteiger charge is 2.43. The minimum absolute atomic E-state index is 0.0265. The number of aromatic amines is 1. The van der Waals surface area contributed by atoms with Gasteiger partial charge in [-0.3, -0.25) is 9.89 Å². The van der Waals surface area contributed by atoms with E-state index in [0.717, 1.165) is 16.7 Å². The second-order valence-electron chi connectivity index (χ2n) is 8.98. The number of aryl methyl sites for hydroxylation is 1. The standard InChI is InChI=1S/C29H27Cl2N3O4/c1-4-37-23-11-10-17(13-24(23)38-5-2)28-25-26(19-14-21(31)16(3)12-22(19)35)32-33-27(25)29(36)34(28)15-18-8-6-7-9-20(18)30/h6-14,28,35H,4-5,15H2,1-3H3,(H,32,33). The van der Waals surface area contributed by atoms with Gasteiger partial charge in [0.2, 0.25) is 0 Å². The minimum atomic E-state index is -0.545. The van der Waals surface area contributed by atoms with Crippen molar-refractivity contribution in [3.8, 4) is 28.5 Å². The van der Waals surface area contributed by atoms with Gasteiger partial charge in [-0.1, -0.05) is 47.5 Å². The van der Waals surface area contributed by atoms with Crippen LogP contribution in [0.3, 0.4) is 0 Å². The zero-order chi connectivity index (χ0) is 27.0. The first-order valence-corrected chi connectivity index (χ1v) is 13.1. The van der Waals surface area contributed by atoms with Gasteiger partial charge in [-0.2, -0.15) is 5.10 Å². The fourth-order valence-corrected chi connectivity index (χ4v) is 5.17. The Morgan fingerprint density at radius 2 is 1.74 bits per heavy atom. The maximum atomic E-state index is 13.8. The first-order valence-electron chi connectivity index (χ1n) is 12.4. The Labute approximate surface area is 230 Å². The smallest absolute Gasteiger partial charge is 0.273 e. The van der Waals surface area contributed by atoms with Crippen molar-refractivity contribution in [2.75, 3.05) is 13.2 Å². The number of nitrogens with one attached hydrogen (secondary N) is 1. The van der Waals surface area contributed by atoms with E-state index in [2.05, 4.69) is 10.2 Å². The van der Waals surface area contributed by atoms with Crippen LogP contribution in [-0.2, 0) is 6.54 Å². The van der Waals surface area contributed by atoms with E-state index in [9.17, 15) is 9.90 Å². The number of aromatic hydroxyl groups is 1. The summed E-state index contributed by atoms with van der Waals surface area (Å²) >= 11 is 12.9. The van der Waals surface area contributed by atoms with Gasteiger partial charge in [-0.25, -0.2) is 0 Å². The monoisotopic (exact) mass is 551 g/mol. The van der Waals surface area contributed by atoms with Crippen LogP contribution in [0.4, 0.5) is 0 Å². The number of amides is 1. The number of aromatic nitrogens is 2. The zero-order valence-corrected chi connectivity index (χ0v) is 22.7. The number of hydrogen-bond acceptors (Lipinski definition) is 5. The van der Waals surface area contributed by atoms with Crippen LogP contribution in [0.5, 0.6) is 17.2 Å². The van der Waals surface area contributed by atoms with Crippen LogP contribution < -0.4 is 9.47 Å². The average Bonchev–Trinajstić information content (AvgIpc) is 3.43. The molecule has 1 aromatic heterocycles. The number of carbonyl (C=O) groups excluding carboxylic acids is 1. The zero-order valence-electron chi connectivity index (χ0n) is 21.2. The second-order valence-corrected chi connectivity index (χ2v) is 9.79. The molecule has 1 atom stereocenters. The van der Waals surface area contributed by atoms with Gasteiger partial charge in [0.25, 0.3) is 5.91 Å². The van der Waals surface area contributed by atoms with Crippen LogP contribution in [0.25, 0.3) is 11.3 Å². The van der Waals surface area contributed by atoms with Gasteiger partial charge >= 0.3 is 0 Å². The first-order chi connectivity index (χ1) is 18.3. The lowest BCUT2D eigenvalue weighted by Crippen LogP contribution is -2.29.